The van der Waals surface area contributed by atoms with Gasteiger partial charge in [0, 0.05) is 24.5 Å². The monoisotopic (exact) mass is 349 g/mol. The van der Waals surface area contributed by atoms with Crippen molar-refractivity contribution in [3.8, 4) is 11.1 Å². The average molecular weight is 349 g/mol. The maximum Gasteiger partial charge on any atom is 0.265 e. The van der Waals surface area contributed by atoms with Gasteiger partial charge in [-0.3, -0.25) is 24.8 Å². The van der Waals surface area contributed by atoms with Crippen LogP contribution < -0.4 is 5.32 Å². The minimum atomic E-state index is -0.516. The van der Waals surface area contributed by atoms with Gasteiger partial charge in [0.2, 0.25) is 0 Å². The van der Waals surface area contributed by atoms with Crippen LogP contribution in [-0.4, -0.2) is 33.4 Å². The molecule has 1 aliphatic rings. The average Bonchev–Trinajstić information content (AvgIpc) is 2.63. The number of carbonyl (C=O) groups is 2. The summed E-state index contributed by atoms with van der Waals surface area (Å²) in [5.41, 5.74) is 2.55. The van der Waals surface area contributed by atoms with E-state index in [4.69, 9.17) is 12.2 Å². The molecule has 0 aliphatic carbocycles. The van der Waals surface area contributed by atoms with Crippen LogP contribution in [0.4, 0.5) is 0 Å². The first kappa shape index (κ1) is 16.7. The highest BCUT2D eigenvalue weighted by molar-refractivity contribution is 7.80. The third kappa shape index (κ3) is 3.39. The van der Waals surface area contributed by atoms with Crippen LogP contribution >= 0.6 is 12.2 Å². The zero-order chi connectivity index (χ0) is 17.8. The summed E-state index contributed by atoms with van der Waals surface area (Å²) in [5, 5.41) is 2.62. The molecule has 1 aliphatic heterocycles. The second kappa shape index (κ2) is 7.19. The number of rotatable bonds is 4. The number of hydrogen-bond donors (Lipinski definition) is 1. The Bertz CT molecular complexity index is 891. The fourth-order valence-electron chi connectivity index (χ4n) is 2.55. The quantitative estimate of drug-likeness (QED) is 0.399. The Morgan fingerprint density at radius 3 is 2.68 bits per heavy atom. The van der Waals surface area contributed by atoms with Crippen LogP contribution in [0.15, 0.2) is 67.0 Å². The van der Waals surface area contributed by atoms with Crippen molar-refractivity contribution in [3.63, 3.8) is 0 Å². The standard InChI is InChI=1S/C19H15N3O2S/c1-2-10-22-18(24)16(17(23)21-19(22)25)11-14-12-20-9-8-15(14)13-6-4-3-5-7-13/h2-9,11-12H,1,10H2,(H,21,23,25)/b16-11+. The molecule has 6 heteroatoms. The first-order valence-corrected chi connectivity index (χ1v) is 8.02. The van der Waals surface area contributed by atoms with Gasteiger partial charge in [-0.15, -0.1) is 6.58 Å². The van der Waals surface area contributed by atoms with E-state index in [2.05, 4.69) is 16.9 Å². The minimum absolute atomic E-state index is 0.0145. The Morgan fingerprint density at radius 2 is 1.96 bits per heavy atom. The highest BCUT2D eigenvalue weighted by atomic mass is 32.1. The molecule has 1 fully saturated rings. The van der Waals surface area contributed by atoms with Gasteiger partial charge in [-0.1, -0.05) is 36.4 Å². The number of hydrogen-bond acceptors (Lipinski definition) is 4. The molecule has 3 rings (SSSR count). The molecule has 2 amide bonds. The summed E-state index contributed by atoms with van der Waals surface area (Å²) >= 11 is 5.05. The first-order chi connectivity index (χ1) is 12.1. The predicted octanol–water partition coefficient (Wildman–Crippen LogP) is 2.56. The molecule has 0 atom stereocenters. The number of nitrogens with one attached hydrogen (secondary N) is 1. The Kier molecular flexibility index (Phi) is 4.81. The van der Waals surface area contributed by atoms with Crippen LogP contribution in [0, 0.1) is 0 Å². The van der Waals surface area contributed by atoms with Crippen molar-refractivity contribution in [2.45, 2.75) is 0 Å². The van der Waals surface area contributed by atoms with Crippen molar-refractivity contribution in [1.82, 2.24) is 15.2 Å². The lowest BCUT2D eigenvalue weighted by atomic mass is 9.99. The molecule has 124 valence electrons. The molecule has 2 aromatic rings. The number of aromatic nitrogens is 1. The largest absolute Gasteiger partial charge is 0.298 e. The van der Waals surface area contributed by atoms with E-state index in [1.54, 1.807) is 24.5 Å². The molecule has 1 aromatic heterocycles. The summed E-state index contributed by atoms with van der Waals surface area (Å²) in [6.45, 7) is 3.84. The van der Waals surface area contributed by atoms with Crippen molar-refractivity contribution in [2.24, 2.45) is 0 Å². The van der Waals surface area contributed by atoms with Crippen LogP contribution in [0.2, 0.25) is 0 Å². The van der Waals surface area contributed by atoms with Crippen molar-refractivity contribution in [1.29, 1.82) is 0 Å². The highest BCUT2D eigenvalue weighted by Crippen LogP contribution is 2.25. The van der Waals surface area contributed by atoms with Crippen LogP contribution in [0.1, 0.15) is 5.56 Å². The van der Waals surface area contributed by atoms with Crippen LogP contribution in [0.3, 0.4) is 0 Å². The summed E-state index contributed by atoms with van der Waals surface area (Å²) in [5.74, 6) is -0.963. The van der Waals surface area contributed by atoms with E-state index < -0.39 is 11.8 Å². The number of thiocarbonyl (C=S) groups is 1. The summed E-state index contributed by atoms with van der Waals surface area (Å²) in [7, 11) is 0. The molecule has 1 saturated heterocycles. The number of pyridine rings is 1. The molecule has 0 saturated carbocycles. The molecular weight excluding hydrogens is 334 g/mol. The summed E-state index contributed by atoms with van der Waals surface area (Å²) in [6.07, 6.45) is 6.40. The molecule has 1 aromatic carbocycles. The SMILES string of the molecule is C=CCN1C(=O)/C(=C/c2cnccc2-c2ccccc2)C(=O)NC1=S. The summed E-state index contributed by atoms with van der Waals surface area (Å²) < 4.78 is 0. The Morgan fingerprint density at radius 1 is 1.20 bits per heavy atom. The fourth-order valence-corrected chi connectivity index (χ4v) is 2.80. The van der Waals surface area contributed by atoms with Crippen LogP contribution in [0.25, 0.3) is 17.2 Å². The van der Waals surface area contributed by atoms with Gasteiger partial charge < -0.3 is 0 Å². The minimum Gasteiger partial charge on any atom is -0.298 e. The molecule has 0 bridgehead atoms. The van der Waals surface area contributed by atoms with E-state index in [0.717, 1.165) is 11.1 Å². The second-order valence-corrected chi connectivity index (χ2v) is 5.74. The number of nitrogens with zero attached hydrogens (tertiary/aromatic N) is 2. The zero-order valence-corrected chi connectivity index (χ0v) is 14.1. The van der Waals surface area contributed by atoms with Crippen molar-refractivity contribution >= 4 is 35.2 Å². The lowest BCUT2D eigenvalue weighted by Crippen LogP contribution is -2.53. The second-order valence-electron chi connectivity index (χ2n) is 5.35. The maximum atomic E-state index is 12.6. The van der Waals surface area contributed by atoms with E-state index in [1.807, 2.05) is 36.4 Å². The van der Waals surface area contributed by atoms with Crippen molar-refractivity contribution in [2.75, 3.05) is 6.54 Å². The van der Waals surface area contributed by atoms with E-state index in [9.17, 15) is 9.59 Å². The van der Waals surface area contributed by atoms with Gasteiger partial charge in [0.25, 0.3) is 11.8 Å². The van der Waals surface area contributed by atoms with Crippen molar-refractivity contribution < 1.29 is 9.59 Å². The molecule has 0 spiro atoms. The maximum absolute atomic E-state index is 12.6. The molecule has 1 N–H and O–H groups in total. The first-order valence-electron chi connectivity index (χ1n) is 7.61. The Hall–Kier alpha value is -3.12. The van der Waals surface area contributed by atoms with E-state index in [1.165, 1.54) is 4.90 Å². The van der Waals surface area contributed by atoms with Crippen molar-refractivity contribution in [3.05, 3.63) is 72.6 Å². The molecule has 5 nitrogen and oxygen atoms in total. The summed E-state index contributed by atoms with van der Waals surface area (Å²) in [6, 6.07) is 11.5. The van der Waals surface area contributed by atoms with E-state index in [0.29, 0.717) is 5.56 Å². The molecular formula is C19H15N3O2S. The van der Waals surface area contributed by atoms with Gasteiger partial charge in [0.15, 0.2) is 5.11 Å². The Labute approximate surface area is 150 Å². The Balaban J connectivity index is 2.06. The lowest BCUT2D eigenvalue weighted by molar-refractivity contribution is -0.128. The molecule has 2 heterocycles. The fraction of sp³-hybridized carbons (Fsp3) is 0.0526. The van der Waals surface area contributed by atoms with Gasteiger partial charge in [-0.2, -0.15) is 0 Å². The zero-order valence-electron chi connectivity index (χ0n) is 13.3. The van der Waals surface area contributed by atoms with Gasteiger partial charge >= 0.3 is 0 Å². The lowest BCUT2D eigenvalue weighted by Gasteiger charge is -2.27. The van der Waals surface area contributed by atoms with Gasteiger partial charge in [0.05, 0.1) is 0 Å². The number of amides is 2. The van der Waals surface area contributed by atoms with E-state index >= 15 is 0 Å². The molecule has 0 unspecified atom stereocenters. The smallest absolute Gasteiger partial charge is 0.265 e. The van der Waals surface area contributed by atoms with Crippen LogP contribution in [0.5, 0.6) is 0 Å². The van der Waals surface area contributed by atoms with Gasteiger partial charge in [-0.25, -0.2) is 0 Å². The number of carbonyl (C=O) groups excluding carboxylic acids is 2. The van der Waals surface area contributed by atoms with Crippen LogP contribution in [-0.2, 0) is 9.59 Å². The predicted molar refractivity (Wildman–Crippen MR) is 100 cm³/mol. The number of benzene rings is 1. The van der Waals surface area contributed by atoms with Gasteiger partial charge in [-0.05, 0) is 35.5 Å². The molecule has 0 radical (unpaired) electrons. The third-order valence-corrected chi connectivity index (χ3v) is 4.06. The molecule has 25 heavy (non-hydrogen) atoms. The highest BCUT2D eigenvalue weighted by Gasteiger charge is 2.32. The van der Waals surface area contributed by atoms with Gasteiger partial charge in [0.1, 0.15) is 5.57 Å². The summed E-state index contributed by atoms with van der Waals surface area (Å²) in [4.78, 5) is 30.3. The normalized spacial score (nSPS) is 16.1. The topological polar surface area (TPSA) is 62.3 Å². The third-order valence-electron chi connectivity index (χ3n) is 3.73. The van der Waals surface area contributed by atoms with E-state index in [-0.39, 0.29) is 17.2 Å².